The van der Waals surface area contributed by atoms with Crippen LogP contribution in [-0.4, -0.2) is 36.5 Å². The second-order valence-electron chi connectivity index (χ2n) is 4.87. The Hall–Kier alpha value is -2.24. The number of likely N-dealkylation sites (tertiary alicyclic amines) is 1. The van der Waals surface area contributed by atoms with Crippen LogP contribution in [0.4, 0.5) is 10.5 Å². The topological polar surface area (TPSA) is 87.5 Å². The lowest BCUT2D eigenvalue weighted by Crippen LogP contribution is -2.42. The van der Waals surface area contributed by atoms with Gasteiger partial charge >= 0.3 is 6.03 Å². The van der Waals surface area contributed by atoms with Crippen molar-refractivity contribution in [2.75, 3.05) is 25.4 Å². The summed E-state index contributed by atoms with van der Waals surface area (Å²) < 4.78 is 0. The standard InChI is InChI=1S/C14H20N4O2/c15-12-5-3-11(4-6-12)9-16-14(20)17-10-13(19)18-7-1-2-8-18/h3-6H,1-2,7-10,15H2,(H2,16,17,20). The van der Waals surface area contributed by atoms with Gasteiger partial charge < -0.3 is 21.3 Å². The monoisotopic (exact) mass is 276 g/mol. The minimum absolute atomic E-state index is 0.0230. The van der Waals surface area contributed by atoms with Crippen LogP contribution in [0, 0.1) is 0 Å². The molecule has 1 fully saturated rings. The third kappa shape index (κ3) is 4.15. The molecule has 20 heavy (non-hydrogen) atoms. The first kappa shape index (κ1) is 14.2. The summed E-state index contributed by atoms with van der Waals surface area (Å²) in [7, 11) is 0. The van der Waals surface area contributed by atoms with Crippen molar-refractivity contribution in [3.05, 3.63) is 29.8 Å². The van der Waals surface area contributed by atoms with Crippen molar-refractivity contribution in [2.24, 2.45) is 0 Å². The zero-order chi connectivity index (χ0) is 14.4. The summed E-state index contributed by atoms with van der Waals surface area (Å²) in [5.41, 5.74) is 7.23. The summed E-state index contributed by atoms with van der Waals surface area (Å²) in [6.07, 6.45) is 2.10. The summed E-state index contributed by atoms with van der Waals surface area (Å²) in [5, 5.41) is 5.28. The number of rotatable bonds is 4. The minimum atomic E-state index is -0.339. The molecule has 1 aromatic rings. The molecule has 1 saturated heterocycles. The average Bonchev–Trinajstić information content (AvgIpc) is 2.98. The zero-order valence-corrected chi connectivity index (χ0v) is 11.4. The Morgan fingerprint density at radius 1 is 1.10 bits per heavy atom. The molecule has 4 N–H and O–H groups in total. The van der Waals surface area contributed by atoms with Gasteiger partial charge in [0.1, 0.15) is 0 Å². The Bertz CT molecular complexity index is 467. The molecule has 1 aromatic carbocycles. The highest BCUT2D eigenvalue weighted by Crippen LogP contribution is 2.07. The number of hydrogen-bond donors (Lipinski definition) is 3. The van der Waals surface area contributed by atoms with Crippen molar-refractivity contribution in [1.82, 2.24) is 15.5 Å². The molecular formula is C14H20N4O2. The first-order valence-corrected chi connectivity index (χ1v) is 6.79. The van der Waals surface area contributed by atoms with Crippen LogP contribution in [0.25, 0.3) is 0 Å². The van der Waals surface area contributed by atoms with E-state index in [4.69, 9.17) is 5.73 Å². The Balaban J connectivity index is 1.67. The second kappa shape index (κ2) is 6.79. The van der Waals surface area contributed by atoms with E-state index >= 15 is 0 Å². The number of carbonyl (C=O) groups is 2. The molecule has 0 saturated carbocycles. The van der Waals surface area contributed by atoms with Gasteiger partial charge in [-0.15, -0.1) is 0 Å². The van der Waals surface area contributed by atoms with Gasteiger partial charge in [-0.1, -0.05) is 12.1 Å². The number of hydrogen-bond acceptors (Lipinski definition) is 3. The Labute approximate surface area is 118 Å². The third-order valence-corrected chi connectivity index (χ3v) is 3.29. The molecule has 6 nitrogen and oxygen atoms in total. The molecule has 6 heteroatoms. The van der Waals surface area contributed by atoms with E-state index in [2.05, 4.69) is 10.6 Å². The molecule has 0 bridgehead atoms. The molecule has 0 unspecified atom stereocenters. The number of nitrogens with one attached hydrogen (secondary N) is 2. The zero-order valence-electron chi connectivity index (χ0n) is 11.4. The predicted octanol–water partition coefficient (Wildman–Crippen LogP) is 0.690. The highest BCUT2D eigenvalue weighted by molar-refractivity contribution is 5.84. The van der Waals surface area contributed by atoms with Crippen LogP contribution in [0.2, 0.25) is 0 Å². The second-order valence-corrected chi connectivity index (χ2v) is 4.87. The number of nitrogens with zero attached hydrogens (tertiary/aromatic N) is 1. The molecule has 0 aromatic heterocycles. The van der Waals surface area contributed by atoms with E-state index in [0.29, 0.717) is 12.2 Å². The van der Waals surface area contributed by atoms with Gasteiger partial charge in [0.2, 0.25) is 5.91 Å². The van der Waals surface area contributed by atoms with Crippen molar-refractivity contribution in [3.63, 3.8) is 0 Å². The quantitative estimate of drug-likeness (QED) is 0.707. The summed E-state index contributed by atoms with van der Waals surface area (Å²) in [6.45, 7) is 2.05. The SMILES string of the molecule is Nc1ccc(CNC(=O)NCC(=O)N2CCCC2)cc1. The van der Waals surface area contributed by atoms with Gasteiger partial charge in [-0.3, -0.25) is 4.79 Å². The van der Waals surface area contributed by atoms with Crippen LogP contribution < -0.4 is 16.4 Å². The fraction of sp³-hybridized carbons (Fsp3) is 0.429. The fourth-order valence-corrected chi connectivity index (χ4v) is 2.11. The summed E-state index contributed by atoms with van der Waals surface area (Å²) >= 11 is 0. The maximum atomic E-state index is 11.7. The van der Waals surface area contributed by atoms with E-state index in [1.807, 2.05) is 12.1 Å². The summed E-state index contributed by atoms with van der Waals surface area (Å²) in [6, 6.07) is 6.93. The van der Waals surface area contributed by atoms with Crippen LogP contribution in [0.1, 0.15) is 18.4 Å². The number of nitrogen functional groups attached to an aromatic ring is 1. The highest BCUT2D eigenvalue weighted by Gasteiger charge is 2.17. The molecular weight excluding hydrogens is 256 g/mol. The van der Waals surface area contributed by atoms with Crippen LogP contribution in [0.15, 0.2) is 24.3 Å². The van der Waals surface area contributed by atoms with E-state index in [-0.39, 0.29) is 18.5 Å². The van der Waals surface area contributed by atoms with Gasteiger partial charge in [-0.2, -0.15) is 0 Å². The molecule has 0 atom stereocenters. The van der Waals surface area contributed by atoms with Crippen molar-refractivity contribution in [3.8, 4) is 0 Å². The van der Waals surface area contributed by atoms with Gasteiger partial charge in [-0.05, 0) is 30.5 Å². The van der Waals surface area contributed by atoms with E-state index in [1.165, 1.54) is 0 Å². The van der Waals surface area contributed by atoms with Gasteiger partial charge in [0.15, 0.2) is 0 Å². The molecule has 1 aliphatic heterocycles. The number of nitrogens with two attached hydrogens (primary N) is 1. The average molecular weight is 276 g/mol. The van der Waals surface area contributed by atoms with Crippen molar-refractivity contribution in [1.29, 1.82) is 0 Å². The Morgan fingerprint density at radius 2 is 1.75 bits per heavy atom. The first-order chi connectivity index (χ1) is 9.65. The number of carbonyl (C=O) groups excluding carboxylic acids is 2. The normalized spacial score (nSPS) is 14.1. The van der Waals surface area contributed by atoms with Crippen molar-refractivity contribution < 1.29 is 9.59 Å². The Morgan fingerprint density at radius 3 is 2.40 bits per heavy atom. The van der Waals surface area contributed by atoms with Crippen molar-refractivity contribution in [2.45, 2.75) is 19.4 Å². The number of benzene rings is 1. The number of urea groups is 1. The molecule has 1 aliphatic rings. The minimum Gasteiger partial charge on any atom is -0.399 e. The molecule has 108 valence electrons. The molecule has 2 rings (SSSR count). The van der Waals surface area contributed by atoms with Gasteiger partial charge in [-0.25, -0.2) is 4.79 Å². The van der Waals surface area contributed by atoms with Crippen LogP contribution in [0.5, 0.6) is 0 Å². The molecule has 0 aliphatic carbocycles. The third-order valence-electron chi connectivity index (χ3n) is 3.29. The Kier molecular flexibility index (Phi) is 4.81. The van der Waals surface area contributed by atoms with E-state index in [0.717, 1.165) is 31.5 Å². The lowest BCUT2D eigenvalue weighted by molar-refractivity contribution is -0.128. The van der Waals surface area contributed by atoms with Crippen molar-refractivity contribution >= 4 is 17.6 Å². The van der Waals surface area contributed by atoms with Crippen LogP contribution in [-0.2, 0) is 11.3 Å². The van der Waals surface area contributed by atoms with E-state index in [9.17, 15) is 9.59 Å². The lowest BCUT2D eigenvalue weighted by Gasteiger charge is -2.15. The maximum Gasteiger partial charge on any atom is 0.315 e. The van der Waals surface area contributed by atoms with Gasteiger partial charge in [0.25, 0.3) is 0 Å². The first-order valence-electron chi connectivity index (χ1n) is 6.79. The summed E-state index contributed by atoms with van der Waals surface area (Å²) in [5.74, 6) is -0.0230. The largest absolute Gasteiger partial charge is 0.399 e. The molecule has 0 spiro atoms. The van der Waals surface area contributed by atoms with Gasteiger partial charge in [0, 0.05) is 25.3 Å². The smallest absolute Gasteiger partial charge is 0.315 e. The summed E-state index contributed by atoms with van der Waals surface area (Å²) in [4.78, 5) is 25.1. The van der Waals surface area contributed by atoms with E-state index < -0.39 is 0 Å². The van der Waals surface area contributed by atoms with Crippen LogP contribution in [0.3, 0.4) is 0 Å². The number of amides is 3. The lowest BCUT2D eigenvalue weighted by atomic mass is 10.2. The highest BCUT2D eigenvalue weighted by atomic mass is 16.2. The molecule has 3 amide bonds. The fourth-order valence-electron chi connectivity index (χ4n) is 2.11. The molecule has 1 heterocycles. The predicted molar refractivity (Wildman–Crippen MR) is 76.9 cm³/mol. The van der Waals surface area contributed by atoms with E-state index in [1.54, 1.807) is 17.0 Å². The molecule has 0 radical (unpaired) electrons. The number of anilines is 1. The van der Waals surface area contributed by atoms with Gasteiger partial charge in [0.05, 0.1) is 6.54 Å². The maximum absolute atomic E-state index is 11.7. The van der Waals surface area contributed by atoms with Crippen LogP contribution >= 0.6 is 0 Å².